The summed E-state index contributed by atoms with van der Waals surface area (Å²) < 4.78 is 0.906. The lowest BCUT2D eigenvalue weighted by molar-refractivity contribution is -0.126. The summed E-state index contributed by atoms with van der Waals surface area (Å²) in [5, 5.41) is 5.96. The van der Waals surface area contributed by atoms with Crippen molar-refractivity contribution in [2.45, 2.75) is 13.0 Å². The number of benzene rings is 1. The molecule has 0 radical (unpaired) electrons. The van der Waals surface area contributed by atoms with E-state index in [4.69, 9.17) is 0 Å². The highest BCUT2D eigenvalue weighted by Gasteiger charge is 2.32. The molecule has 0 saturated carbocycles. The van der Waals surface area contributed by atoms with Gasteiger partial charge < -0.3 is 15.5 Å². The monoisotopic (exact) mass is 387 g/mol. The van der Waals surface area contributed by atoms with Gasteiger partial charge in [-0.3, -0.25) is 9.59 Å². The van der Waals surface area contributed by atoms with E-state index in [1.165, 1.54) is 0 Å². The molecule has 1 heterocycles. The first-order chi connectivity index (χ1) is 9.65. The van der Waals surface area contributed by atoms with Gasteiger partial charge in [-0.25, -0.2) is 0 Å². The van der Waals surface area contributed by atoms with Gasteiger partial charge >= 0.3 is 0 Å². The van der Waals surface area contributed by atoms with Crippen molar-refractivity contribution in [3.8, 4) is 0 Å². The molecule has 1 aromatic carbocycles. The molecule has 0 bridgehead atoms. The summed E-state index contributed by atoms with van der Waals surface area (Å²) in [5.74, 6) is -0.174. The van der Waals surface area contributed by atoms with Crippen LogP contribution in [0.5, 0.6) is 0 Å². The predicted octanol–water partition coefficient (Wildman–Crippen LogP) is 0.841. The van der Waals surface area contributed by atoms with E-state index in [0.29, 0.717) is 31.7 Å². The van der Waals surface area contributed by atoms with Crippen LogP contribution >= 0.6 is 22.6 Å². The number of rotatable bonds is 3. The first-order valence-corrected chi connectivity index (χ1v) is 7.77. The first kappa shape index (κ1) is 15.2. The van der Waals surface area contributed by atoms with Crippen molar-refractivity contribution in [3.63, 3.8) is 0 Å². The van der Waals surface area contributed by atoms with Gasteiger partial charge in [0, 0.05) is 29.7 Å². The Morgan fingerprint density at radius 2 is 2.20 bits per heavy atom. The number of hydrogen-bond donors (Lipinski definition) is 2. The quantitative estimate of drug-likeness (QED) is 0.756. The zero-order valence-corrected chi connectivity index (χ0v) is 13.5. The van der Waals surface area contributed by atoms with Crippen molar-refractivity contribution in [2.75, 3.05) is 26.2 Å². The highest BCUT2D eigenvalue weighted by molar-refractivity contribution is 14.1. The van der Waals surface area contributed by atoms with E-state index in [-0.39, 0.29) is 11.8 Å². The summed E-state index contributed by atoms with van der Waals surface area (Å²) in [7, 11) is 0. The maximum atomic E-state index is 12.7. The van der Waals surface area contributed by atoms with Crippen molar-refractivity contribution in [1.29, 1.82) is 0 Å². The van der Waals surface area contributed by atoms with Crippen LogP contribution in [0, 0.1) is 3.57 Å². The van der Waals surface area contributed by atoms with Crippen LogP contribution in [0.3, 0.4) is 0 Å². The van der Waals surface area contributed by atoms with E-state index in [0.717, 1.165) is 3.57 Å². The molecule has 2 N–H and O–H groups in total. The van der Waals surface area contributed by atoms with Gasteiger partial charge in [-0.05, 0) is 41.6 Å². The molecule has 0 aromatic heterocycles. The van der Waals surface area contributed by atoms with Gasteiger partial charge in [0.2, 0.25) is 5.91 Å². The third-order valence-corrected chi connectivity index (χ3v) is 4.20. The molecule has 0 aliphatic carbocycles. The van der Waals surface area contributed by atoms with Gasteiger partial charge in [-0.2, -0.15) is 0 Å². The lowest BCUT2D eigenvalue weighted by Crippen LogP contribution is -2.59. The van der Waals surface area contributed by atoms with Gasteiger partial charge in [0.1, 0.15) is 6.04 Å². The Bertz CT molecular complexity index is 507. The second-order valence-electron chi connectivity index (χ2n) is 4.59. The minimum absolute atomic E-state index is 0.0762. The van der Waals surface area contributed by atoms with Gasteiger partial charge in [0.25, 0.3) is 5.91 Å². The Kier molecular flexibility index (Phi) is 5.36. The zero-order chi connectivity index (χ0) is 14.5. The fourth-order valence-corrected chi connectivity index (χ4v) is 2.88. The Morgan fingerprint density at radius 1 is 1.45 bits per heavy atom. The molecule has 1 aliphatic heterocycles. The maximum Gasteiger partial charge on any atom is 0.255 e. The van der Waals surface area contributed by atoms with Crippen LogP contribution in [0.1, 0.15) is 17.3 Å². The molecule has 0 spiro atoms. The molecule has 1 unspecified atom stereocenters. The van der Waals surface area contributed by atoms with E-state index < -0.39 is 6.04 Å². The summed E-state index contributed by atoms with van der Waals surface area (Å²) in [6, 6.07) is 7.01. The first-order valence-electron chi connectivity index (χ1n) is 6.69. The molecule has 2 amide bonds. The second-order valence-corrected chi connectivity index (χ2v) is 5.76. The van der Waals surface area contributed by atoms with Crippen LogP contribution < -0.4 is 10.6 Å². The molecule has 2 rings (SSSR count). The van der Waals surface area contributed by atoms with Crippen molar-refractivity contribution < 1.29 is 9.59 Å². The van der Waals surface area contributed by atoms with Crippen molar-refractivity contribution in [3.05, 3.63) is 33.4 Å². The zero-order valence-electron chi connectivity index (χ0n) is 11.4. The Balaban J connectivity index is 2.22. The van der Waals surface area contributed by atoms with Crippen LogP contribution in [0.4, 0.5) is 0 Å². The highest BCUT2D eigenvalue weighted by atomic mass is 127. The molecule has 1 aliphatic rings. The predicted molar refractivity (Wildman–Crippen MR) is 85.5 cm³/mol. The number of likely N-dealkylation sites (N-methyl/N-ethyl adjacent to an activating group) is 1. The average Bonchev–Trinajstić information content (AvgIpc) is 2.47. The number of nitrogens with one attached hydrogen (secondary N) is 2. The van der Waals surface area contributed by atoms with Gasteiger partial charge in [-0.15, -0.1) is 0 Å². The second kappa shape index (κ2) is 7.03. The maximum absolute atomic E-state index is 12.7. The summed E-state index contributed by atoms with van der Waals surface area (Å²) in [6.45, 7) is 4.21. The highest BCUT2D eigenvalue weighted by Crippen LogP contribution is 2.16. The van der Waals surface area contributed by atoms with E-state index in [1.54, 1.807) is 11.0 Å². The molecule has 6 heteroatoms. The van der Waals surface area contributed by atoms with E-state index >= 15 is 0 Å². The van der Waals surface area contributed by atoms with Crippen molar-refractivity contribution in [1.82, 2.24) is 15.5 Å². The molecule has 20 heavy (non-hydrogen) atoms. The standard InChI is InChI=1S/C14H18IN3O2/c1-2-17-13(19)12-9-16-7-8-18(12)14(20)10-5-3-4-6-11(10)15/h3-6,12,16H,2,7-9H2,1H3,(H,17,19). The van der Waals surface area contributed by atoms with Crippen LogP contribution in [0.2, 0.25) is 0 Å². The molecular weight excluding hydrogens is 369 g/mol. The lowest BCUT2D eigenvalue weighted by Gasteiger charge is -2.35. The smallest absolute Gasteiger partial charge is 0.255 e. The van der Waals surface area contributed by atoms with E-state index in [1.807, 2.05) is 25.1 Å². The number of nitrogens with zero attached hydrogens (tertiary/aromatic N) is 1. The molecule has 5 nitrogen and oxygen atoms in total. The van der Waals surface area contributed by atoms with E-state index in [9.17, 15) is 9.59 Å². The topological polar surface area (TPSA) is 61.4 Å². The SMILES string of the molecule is CCNC(=O)C1CNCCN1C(=O)c1ccccc1I. The van der Waals surface area contributed by atoms with Gasteiger partial charge in [0.05, 0.1) is 5.56 Å². The fraction of sp³-hybridized carbons (Fsp3) is 0.429. The molecular formula is C14H18IN3O2. The minimum Gasteiger partial charge on any atom is -0.355 e. The van der Waals surface area contributed by atoms with Crippen LogP contribution in [-0.2, 0) is 4.79 Å². The van der Waals surface area contributed by atoms with Crippen LogP contribution in [0.15, 0.2) is 24.3 Å². The summed E-state index contributed by atoms with van der Waals surface area (Å²) >= 11 is 2.15. The Morgan fingerprint density at radius 3 is 2.90 bits per heavy atom. The van der Waals surface area contributed by atoms with Crippen LogP contribution in [0.25, 0.3) is 0 Å². The normalized spacial score (nSPS) is 18.7. The summed E-state index contributed by atoms with van der Waals surface area (Å²) in [4.78, 5) is 26.4. The van der Waals surface area contributed by atoms with Crippen LogP contribution in [-0.4, -0.2) is 48.9 Å². The summed E-state index contributed by atoms with van der Waals surface area (Å²) in [6.07, 6.45) is 0. The molecule has 1 atom stereocenters. The number of piperazine rings is 1. The van der Waals surface area contributed by atoms with E-state index in [2.05, 4.69) is 33.2 Å². The lowest BCUT2D eigenvalue weighted by atomic mass is 10.1. The number of carbonyl (C=O) groups excluding carboxylic acids is 2. The Hall–Kier alpha value is -1.15. The third kappa shape index (κ3) is 3.29. The summed E-state index contributed by atoms with van der Waals surface area (Å²) in [5.41, 5.74) is 0.657. The number of amides is 2. The molecule has 1 aromatic rings. The number of halogens is 1. The molecule has 1 saturated heterocycles. The molecule has 1 fully saturated rings. The Labute approximate surface area is 132 Å². The number of carbonyl (C=O) groups is 2. The van der Waals surface area contributed by atoms with Crippen molar-refractivity contribution in [2.24, 2.45) is 0 Å². The van der Waals surface area contributed by atoms with Gasteiger partial charge in [0.15, 0.2) is 0 Å². The molecule has 108 valence electrons. The number of hydrogen-bond acceptors (Lipinski definition) is 3. The average molecular weight is 387 g/mol. The van der Waals surface area contributed by atoms with Crippen molar-refractivity contribution >= 4 is 34.4 Å². The largest absolute Gasteiger partial charge is 0.355 e. The minimum atomic E-state index is -0.438. The van der Waals surface area contributed by atoms with Gasteiger partial charge in [-0.1, -0.05) is 12.1 Å². The third-order valence-electron chi connectivity index (χ3n) is 3.26. The fourth-order valence-electron chi connectivity index (χ4n) is 2.26.